The van der Waals surface area contributed by atoms with E-state index in [-0.39, 0.29) is 17.9 Å². The van der Waals surface area contributed by atoms with E-state index in [1.165, 1.54) is 18.3 Å². The molecule has 90 valence electrons. The Hall–Kier alpha value is -1.97. The summed E-state index contributed by atoms with van der Waals surface area (Å²) in [6.45, 7) is 1.72. The molecule has 2 atom stereocenters. The van der Waals surface area contributed by atoms with E-state index < -0.39 is 18.2 Å². The standard InChI is InChI=1S/C11H12N2O4/c1-2-17-11(16)10(15)9(14)7-3-4-8(5-12)13-6-7/h3-4,6,9-10,14-15H,2H2,1H3. The summed E-state index contributed by atoms with van der Waals surface area (Å²) < 4.78 is 4.57. The van der Waals surface area contributed by atoms with Gasteiger partial charge >= 0.3 is 5.97 Å². The van der Waals surface area contributed by atoms with E-state index in [0.29, 0.717) is 0 Å². The lowest BCUT2D eigenvalue weighted by molar-refractivity contribution is -0.159. The van der Waals surface area contributed by atoms with Crippen LogP contribution in [0.1, 0.15) is 24.3 Å². The van der Waals surface area contributed by atoms with Crippen LogP contribution < -0.4 is 0 Å². The van der Waals surface area contributed by atoms with Gasteiger partial charge in [0.25, 0.3) is 0 Å². The Morgan fingerprint density at radius 2 is 2.29 bits per heavy atom. The Labute approximate surface area is 98.1 Å². The third kappa shape index (κ3) is 3.24. The molecular formula is C11H12N2O4. The third-order valence-corrected chi connectivity index (χ3v) is 2.07. The highest BCUT2D eigenvalue weighted by Crippen LogP contribution is 2.17. The highest BCUT2D eigenvalue weighted by Gasteiger charge is 2.27. The molecule has 6 heteroatoms. The van der Waals surface area contributed by atoms with Crippen molar-refractivity contribution in [1.29, 1.82) is 5.26 Å². The second-order valence-corrected chi connectivity index (χ2v) is 3.23. The topological polar surface area (TPSA) is 103 Å². The van der Waals surface area contributed by atoms with Gasteiger partial charge in [-0.3, -0.25) is 0 Å². The Morgan fingerprint density at radius 3 is 2.76 bits per heavy atom. The highest BCUT2D eigenvalue weighted by molar-refractivity contribution is 5.75. The van der Waals surface area contributed by atoms with Crippen molar-refractivity contribution in [2.75, 3.05) is 6.61 Å². The van der Waals surface area contributed by atoms with Gasteiger partial charge in [0.05, 0.1) is 6.61 Å². The second kappa shape index (κ2) is 5.94. The van der Waals surface area contributed by atoms with E-state index in [0.717, 1.165) is 0 Å². The van der Waals surface area contributed by atoms with Crippen LogP contribution in [0.15, 0.2) is 18.3 Å². The molecule has 2 N–H and O–H groups in total. The van der Waals surface area contributed by atoms with Crippen molar-refractivity contribution in [3.05, 3.63) is 29.6 Å². The van der Waals surface area contributed by atoms with E-state index in [1.807, 2.05) is 6.07 Å². The zero-order chi connectivity index (χ0) is 12.8. The summed E-state index contributed by atoms with van der Waals surface area (Å²) in [6.07, 6.45) is -1.86. The SMILES string of the molecule is CCOC(=O)C(O)C(O)c1ccc(C#N)nc1. The number of nitriles is 1. The Bertz CT molecular complexity index is 424. The molecule has 1 rings (SSSR count). The Morgan fingerprint density at radius 1 is 1.59 bits per heavy atom. The first-order valence-corrected chi connectivity index (χ1v) is 4.99. The molecule has 1 aromatic heterocycles. The summed E-state index contributed by atoms with van der Waals surface area (Å²) >= 11 is 0. The second-order valence-electron chi connectivity index (χ2n) is 3.23. The quantitative estimate of drug-likeness (QED) is 0.708. The monoisotopic (exact) mass is 236 g/mol. The number of carbonyl (C=O) groups excluding carboxylic acids is 1. The van der Waals surface area contributed by atoms with Crippen LogP contribution in [0.25, 0.3) is 0 Å². The normalized spacial score (nSPS) is 13.5. The molecular weight excluding hydrogens is 224 g/mol. The minimum Gasteiger partial charge on any atom is -0.464 e. The lowest BCUT2D eigenvalue weighted by Gasteiger charge is -2.16. The van der Waals surface area contributed by atoms with Gasteiger partial charge in [-0.05, 0) is 13.0 Å². The van der Waals surface area contributed by atoms with Crippen molar-refractivity contribution in [3.63, 3.8) is 0 Å². The predicted octanol–water partition coefficient (Wildman–Crippen LogP) is -0.0893. The fourth-order valence-electron chi connectivity index (χ4n) is 1.19. The minimum absolute atomic E-state index is 0.119. The molecule has 17 heavy (non-hydrogen) atoms. The maximum atomic E-state index is 11.2. The van der Waals surface area contributed by atoms with Crippen molar-refractivity contribution >= 4 is 5.97 Å². The van der Waals surface area contributed by atoms with Gasteiger partial charge < -0.3 is 14.9 Å². The summed E-state index contributed by atoms with van der Waals surface area (Å²) in [6, 6.07) is 4.62. The van der Waals surface area contributed by atoms with Gasteiger partial charge in [0.2, 0.25) is 0 Å². The molecule has 0 bridgehead atoms. The number of rotatable bonds is 4. The molecule has 1 heterocycles. The van der Waals surface area contributed by atoms with Crippen LogP contribution >= 0.6 is 0 Å². The highest BCUT2D eigenvalue weighted by atomic mass is 16.5. The largest absolute Gasteiger partial charge is 0.464 e. The molecule has 0 aliphatic carbocycles. The number of nitrogens with zero attached hydrogens (tertiary/aromatic N) is 2. The molecule has 0 fully saturated rings. The molecule has 0 saturated heterocycles. The van der Waals surface area contributed by atoms with Crippen LogP contribution in [0.2, 0.25) is 0 Å². The van der Waals surface area contributed by atoms with E-state index in [9.17, 15) is 15.0 Å². The molecule has 0 amide bonds. The van der Waals surface area contributed by atoms with Crippen molar-refractivity contribution in [1.82, 2.24) is 4.98 Å². The van der Waals surface area contributed by atoms with E-state index in [4.69, 9.17) is 5.26 Å². The number of hydrogen-bond acceptors (Lipinski definition) is 6. The van der Waals surface area contributed by atoms with Crippen molar-refractivity contribution in [2.24, 2.45) is 0 Å². The van der Waals surface area contributed by atoms with E-state index in [2.05, 4.69) is 9.72 Å². The molecule has 0 aromatic carbocycles. The average molecular weight is 236 g/mol. The van der Waals surface area contributed by atoms with Crippen LogP contribution in [0.4, 0.5) is 0 Å². The lowest BCUT2D eigenvalue weighted by Crippen LogP contribution is -2.29. The average Bonchev–Trinajstić information content (AvgIpc) is 2.37. The van der Waals surface area contributed by atoms with Crippen LogP contribution in [0.5, 0.6) is 0 Å². The first-order valence-electron chi connectivity index (χ1n) is 4.99. The van der Waals surface area contributed by atoms with Crippen molar-refractivity contribution in [3.8, 4) is 6.07 Å². The van der Waals surface area contributed by atoms with Gasteiger partial charge in [-0.1, -0.05) is 6.07 Å². The fourth-order valence-corrected chi connectivity index (χ4v) is 1.19. The maximum absolute atomic E-state index is 11.2. The van der Waals surface area contributed by atoms with E-state index in [1.54, 1.807) is 6.92 Å². The first kappa shape index (κ1) is 13.1. The molecule has 0 aliphatic rings. The zero-order valence-electron chi connectivity index (χ0n) is 9.20. The maximum Gasteiger partial charge on any atom is 0.338 e. The number of esters is 1. The summed E-state index contributed by atoms with van der Waals surface area (Å²) in [5.41, 5.74) is 0.427. The molecule has 1 aromatic rings. The summed E-state index contributed by atoms with van der Waals surface area (Å²) in [5, 5.41) is 27.7. The smallest absolute Gasteiger partial charge is 0.338 e. The molecule has 6 nitrogen and oxygen atoms in total. The van der Waals surface area contributed by atoms with Crippen molar-refractivity contribution in [2.45, 2.75) is 19.1 Å². The number of aliphatic hydroxyl groups excluding tert-OH is 2. The third-order valence-electron chi connectivity index (χ3n) is 2.07. The molecule has 2 unspecified atom stereocenters. The van der Waals surface area contributed by atoms with Gasteiger partial charge in [-0.2, -0.15) is 5.26 Å². The van der Waals surface area contributed by atoms with Crippen LogP contribution in [0.3, 0.4) is 0 Å². The van der Waals surface area contributed by atoms with Gasteiger partial charge in [-0.15, -0.1) is 0 Å². The van der Waals surface area contributed by atoms with Gasteiger partial charge in [-0.25, -0.2) is 9.78 Å². The van der Waals surface area contributed by atoms with Crippen LogP contribution in [-0.2, 0) is 9.53 Å². The van der Waals surface area contributed by atoms with Crippen molar-refractivity contribution < 1.29 is 19.7 Å². The fraction of sp³-hybridized carbons (Fsp3) is 0.364. The van der Waals surface area contributed by atoms with Crippen LogP contribution in [0, 0.1) is 11.3 Å². The number of ether oxygens (including phenoxy) is 1. The van der Waals surface area contributed by atoms with Gasteiger partial charge in [0.15, 0.2) is 6.10 Å². The number of hydrogen-bond donors (Lipinski definition) is 2. The number of pyridine rings is 1. The summed E-state index contributed by atoms with van der Waals surface area (Å²) in [7, 11) is 0. The minimum atomic E-state index is -1.66. The predicted molar refractivity (Wildman–Crippen MR) is 56.6 cm³/mol. The lowest BCUT2D eigenvalue weighted by atomic mass is 10.1. The van der Waals surface area contributed by atoms with Gasteiger partial charge in [0, 0.05) is 11.8 Å². The first-order chi connectivity index (χ1) is 8.10. The number of carbonyl (C=O) groups is 1. The van der Waals surface area contributed by atoms with Gasteiger partial charge in [0.1, 0.15) is 17.9 Å². The number of aliphatic hydroxyl groups is 2. The summed E-state index contributed by atoms with van der Waals surface area (Å²) in [5.74, 6) is -0.899. The molecule has 0 aliphatic heterocycles. The summed E-state index contributed by atoms with van der Waals surface area (Å²) in [4.78, 5) is 14.9. The van der Waals surface area contributed by atoms with E-state index >= 15 is 0 Å². The molecule has 0 spiro atoms. The Balaban J connectivity index is 2.78. The Kier molecular flexibility index (Phi) is 4.57. The molecule has 0 saturated carbocycles. The number of aromatic nitrogens is 1. The van der Waals surface area contributed by atoms with Crippen LogP contribution in [-0.4, -0.2) is 33.9 Å². The molecule has 0 radical (unpaired) electrons. The zero-order valence-corrected chi connectivity index (χ0v) is 9.20.